The van der Waals surface area contributed by atoms with E-state index in [1.165, 1.54) is 33.3 Å². The molecule has 6 rings (SSSR count). The van der Waals surface area contributed by atoms with Crippen molar-refractivity contribution in [2.24, 2.45) is 17.3 Å². The molecule has 4 aliphatic rings. The third kappa shape index (κ3) is 2.98. The van der Waals surface area contributed by atoms with E-state index in [0.29, 0.717) is 11.8 Å². The monoisotopic (exact) mass is 487 g/mol. The van der Waals surface area contributed by atoms with Crippen molar-refractivity contribution in [3.63, 3.8) is 0 Å². The van der Waals surface area contributed by atoms with E-state index in [-0.39, 0.29) is 28.1 Å². The Hall–Kier alpha value is -2.17. The third-order valence-corrected chi connectivity index (χ3v) is 10.9. The van der Waals surface area contributed by atoms with Crippen molar-refractivity contribution in [2.75, 3.05) is 0 Å². The smallest absolute Gasteiger partial charge is 0.187 e. The van der Waals surface area contributed by atoms with Crippen molar-refractivity contribution in [3.05, 3.63) is 59.3 Å². The lowest BCUT2D eigenvalue weighted by Gasteiger charge is -2.60. The summed E-state index contributed by atoms with van der Waals surface area (Å²) in [6.45, 7) is 17.0. The number of aromatic amines is 1. The maximum absolute atomic E-state index is 13.1. The number of nitrogens with one attached hydrogen (secondary N) is 1. The summed E-state index contributed by atoms with van der Waals surface area (Å²) >= 11 is 0. The van der Waals surface area contributed by atoms with Gasteiger partial charge in [-0.1, -0.05) is 45.9 Å². The highest BCUT2D eigenvalue weighted by Crippen LogP contribution is 2.68. The van der Waals surface area contributed by atoms with Crippen LogP contribution in [0.3, 0.4) is 0 Å². The van der Waals surface area contributed by atoms with Crippen molar-refractivity contribution < 1.29 is 14.6 Å². The molecule has 0 radical (unpaired) electrons. The molecule has 36 heavy (non-hydrogen) atoms. The largest absolute Gasteiger partial charge is 0.387 e. The summed E-state index contributed by atoms with van der Waals surface area (Å²) in [5.74, 6) is 0.815. The van der Waals surface area contributed by atoms with E-state index in [1.807, 2.05) is 6.08 Å². The second-order valence-corrected chi connectivity index (χ2v) is 13.5. The molecule has 4 heteroatoms. The van der Waals surface area contributed by atoms with Crippen LogP contribution in [0, 0.1) is 17.3 Å². The van der Waals surface area contributed by atoms with Crippen LogP contribution in [-0.2, 0) is 26.8 Å². The van der Waals surface area contributed by atoms with Crippen LogP contribution in [0.1, 0.15) is 84.0 Å². The van der Waals surface area contributed by atoms with Crippen LogP contribution in [0.25, 0.3) is 10.9 Å². The normalized spacial score (nSPS) is 36.1. The SMILES string of the molecule is C=CC(C)(C)c1cccc2[nH]c3c(c12)C[C@@H]1CC[C@H]2C4=CC(=O)[C@@H](C(C)(C)O)O[C@H]4CC[C@]2(C)[C@@]31C. The number of fused-ring (bicyclic) bond motifs is 9. The van der Waals surface area contributed by atoms with Gasteiger partial charge >= 0.3 is 0 Å². The summed E-state index contributed by atoms with van der Waals surface area (Å²) < 4.78 is 6.30. The van der Waals surface area contributed by atoms with Gasteiger partial charge in [0.25, 0.3) is 0 Å². The number of rotatable bonds is 3. The fourth-order valence-electron chi connectivity index (χ4n) is 8.57. The molecule has 4 nitrogen and oxygen atoms in total. The molecule has 0 amide bonds. The Morgan fingerprint density at radius 1 is 1.17 bits per heavy atom. The zero-order chi connectivity index (χ0) is 25.8. The number of aliphatic hydroxyl groups is 1. The standard InChI is InChI=1S/C32H41NO3/c1-8-29(2,3)22-10-9-11-23-26(22)20-16-18-12-13-21-19-17-24(34)28(30(4,5)35)36-25(19)14-15-31(21,6)32(18,7)27(20)33-23/h8-11,17-18,21,25,28,33,35H,1,12-16H2,2-7H3/t18-,21-,25-,28-,31-,32+/m0/s1. The molecule has 3 aliphatic carbocycles. The lowest BCUT2D eigenvalue weighted by Crippen LogP contribution is -2.59. The first kappa shape index (κ1) is 24.2. The zero-order valence-corrected chi connectivity index (χ0v) is 22.7. The highest BCUT2D eigenvalue weighted by molar-refractivity contribution is 5.96. The average Bonchev–Trinajstić information content (AvgIpc) is 3.32. The molecule has 2 aromatic rings. The van der Waals surface area contributed by atoms with Crippen LogP contribution in [0.4, 0.5) is 0 Å². The number of carbonyl (C=O) groups is 1. The van der Waals surface area contributed by atoms with E-state index in [9.17, 15) is 9.90 Å². The van der Waals surface area contributed by atoms with E-state index in [1.54, 1.807) is 13.8 Å². The van der Waals surface area contributed by atoms with Crippen molar-refractivity contribution in [1.29, 1.82) is 0 Å². The second-order valence-electron chi connectivity index (χ2n) is 13.5. The lowest BCUT2D eigenvalue weighted by molar-refractivity contribution is -0.161. The fourth-order valence-corrected chi connectivity index (χ4v) is 8.57. The summed E-state index contributed by atoms with van der Waals surface area (Å²) in [6, 6.07) is 6.66. The number of hydrogen-bond donors (Lipinski definition) is 2. The first-order valence-corrected chi connectivity index (χ1v) is 13.7. The fraction of sp³-hybridized carbons (Fsp3) is 0.594. The highest BCUT2D eigenvalue weighted by atomic mass is 16.5. The predicted octanol–water partition coefficient (Wildman–Crippen LogP) is 6.31. The number of ether oxygens (including phenoxy) is 1. The lowest BCUT2D eigenvalue weighted by atomic mass is 9.44. The Morgan fingerprint density at radius 2 is 1.92 bits per heavy atom. The molecule has 0 unspecified atom stereocenters. The minimum atomic E-state index is -1.18. The summed E-state index contributed by atoms with van der Waals surface area (Å²) in [5, 5.41) is 11.9. The van der Waals surface area contributed by atoms with Crippen LogP contribution >= 0.6 is 0 Å². The number of aromatic nitrogens is 1. The summed E-state index contributed by atoms with van der Waals surface area (Å²) in [5.41, 5.74) is 5.43. The van der Waals surface area contributed by atoms with Gasteiger partial charge in [0.15, 0.2) is 5.78 Å². The van der Waals surface area contributed by atoms with Gasteiger partial charge in [-0.2, -0.15) is 0 Å². The second kappa shape index (κ2) is 7.45. The number of carbonyl (C=O) groups excluding carboxylic acids is 1. The number of hydrogen-bond acceptors (Lipinski definition) is 3. The topological polar surface area (TPSA) is 62.3 Å². The molecule has 0 saturated heterocycles. The summed E-state index contributed by atoms with van der Waals surface area (Å²) in [7, 11) is 0. The Bertz CT molecular complexity index is 1310. The average molecular weight is 488 g/mol. The molecule has 1 aromatic heterocycles. The Balaban J connectivity index is 1.48. The van der Waals surface area contributed by atoms with Crippen molar-refractivity contribution in [1.82, 2.24) is 4.98 Å². The quantitative estimate of drug-likeness (QED) is 0.499. The van der Waals surface area contributed by atoms with Gasteiger partial charge in [0.05, 0.1) is 11.7 Å². The van der Waals surface area contributed by atoms with E-state index >= 15 is 0 Å². The van der Waals surface area contributed by atoms with Crippen molar-refractivity contribution in [3.8, 4) is 0 Å². The van der Waals surface area contributed by atoms with Crippen LogP contribution < -0.4 is 0 Å². The molecule has 2 N–H and O–H groups in total. The molecular formula is C32H41NO3. The van der Waals surface area contributed by atoms with E-state index in [4.69, 9.17) is 4.74 Å². The van der Waals surface area contributed by atoms with Gasteiger partial charge in [-0.05, 0) is 92.0 Å². The molecule has 2 fully saturated rings. The Labute approximate surface area is 215 Å². The number of allylic oxidation sites excluding steroid dienone is 1. The molecule has 0 bridgehead atoms. The van der Waals surface area contributed by atoms with Gasteiger partial charge in [-0.3, -0.25) is 4.79 Å². The summed E-state index contributed by atoms with van der Waals surface area (Å²) in [4.78, 5) is 17.0. The maximum Gasteiger partial charge on any atom is 0.187 e. The van der Waals surface area contributed by atoms with E-state index in [2.05, 4.69) is 63.5 Å². The molecule has 1 aliphatic heterocycles. The van der Waals surface area contributed by atoms with Crippen LogP contribution in [0.15, 0.2) is 42.5 Å². The molecule has 1 aromatic carbocycles. The zero-order valence-electron chi connectivity index (χ0n) is 22.7. The predicted molar refractivity (Wildman–Crippen MR) is 144 cm³/mol. The Kier molecular flexibility index (Phi) is 5.00. The van der Waals surface area contributed by atoms with Crippen molar-refractivity contribution >= 4 is 16.7 Å². The first-order valence-electron chi connectivity index (χ1n) is 13.7. The number of ketones is 1. The van der Waals surface area contributed by atoms with Crippen LogP contribution in [-0.4, -0.2) is 33.7 Å². The van der Waals surface area contributed by atoms with E-state index in [0.717, 1.165) is 32.1 Å². The minimum absolute atomic E-state index is 0.00180. The number of H-pyrrole nitrogens is 1. The van der Waals surface area contributed by atoms with Gasteiger partial charge in [-0.25, -0.2) is 0 Å². The van der Waals surface area contributed by atoms with Crippen molar-refractivity contribution in [2.45, 2.75) is 102 Å². The van der Waals surface area contributed by atoms with Gasteiger partial charge < -0.3 is 14.8 Å². The number of benzene rings is 1. The molecule has 2 heterocycles. The van der Waals surface area contributed by atoms with E-state index < -0.39 is 11.7 Å². The Morgan fingerprint density at radius 3 is 2.61 bits per heavy atom. The van der Waals surface area contributed by atoms with Gasteiger partial charge in [0.1, 0.15) is 6.10 Å². The van der Waals surface area contributed by atoms with Crippen LogP contribution in [0.2, 0.25) is 0 Å². The molecule has 192 valence electrons. The van der Waals surface area contributed by atoms with Gasteiger partial charge in [0, 0.05) is 27.4 Å². The molecular weight excluding hydrogens is 446 g/mol. The maximum atomic E-state index is 13.1. The molecule has 6 atom stereocenters. The van der Waals surface area contributed by atoms with Gasteiger partial charge in [0.2, 0.25) is 0 Å². The highest BCUT2D eigenvalue weighted by Gasteiger charge is 2.64. The summed E-state index contributed by atoms with van der Waals surface area (Å²) in [6.07, 6.45) is 8.38. The van der Waals surface area contributed by atoms with Crippen LogP contribution in [0.5, 0.6) is 0 Å². The third-order valence-electron chi connectivity index (χ3n) is 10.9. The van der Waals surface area contributed by atoms with Gasteiger partial charge in [-0.15, -0.1) is 6.58 Å². The first-order chi connectivity index (χ1) is 16.8. The molecule has 2 saturated carbocycles. The minimum Gasteiger partial charge on any atom is -0.387 e. The molecule has 0 spiro atoms.